The molecular weight excluding hydrogens is 116 g/mol. The highest BCUT2D eigenvalue weighted by atomic mass is 35.5. The van der Waals surface area contributed by atoms with Crippen LogP contribution in [0, 0.1) is 0 Å². The smallest absolute Gasteiger partial charge is 0.172 e. The van der Waals surface area contributed by atoms with Gasteiger partial charge >= 0.3 is 6.18 Å². The van der Waals surface area contributed by atoms with Crippen LogP contribution in [0.25, 0.3) is 0 Å². The summed E-state index contributed by atoms with van der Waals surface area (Å²) >= 11 is 0. The number of hydrogen-bond donors (Lipinski definition) is 0. The molecule has 0 atom stereocenters. The zero-order valence-corrected chi connectivity index (χ0v) is 3.86. The molecule has 0 N–H and O–H groups in total. The summed E-state index contributed by atoms with van der Waals surface area (Å²) in [7, 11) is 0. The molecule has 0 aliphatic heterocycles. The Morgan fingerprint density at radius 1 is 1.17 bits per heavy atom. The Morgan fingerprint density at radius 3 is 1.17 bits per heavy atom. The highest BCUT2D eigenvalue weighted by Gasteiger charge is 2.15. The molecule has 0 bridgehead atoms. The summed E-state index contributed by atoms with van der Waals surface area (Å²) in [6, 6.07) is 0. The van der Waals surface area contributed by atoms with E-state index in [-0.39, 0.29) is 19.3 Å². The van der Waals surface area contributed by atoms with Crippen LogP contribution in [0.15, 0.2) is 0 Å². The van der Waals surface area contributed by atoms with Crippen LogP contribution in [-0.2, 0) is 0 Å². The molecule has 0 saturated carbocycles. The van der Waals surface area contributed by atoms with Crippen LogP contribution >= 0.6 is 12.4 Å². The largest absolute Gasteiger partial charge is 0.386 e. The normalized spacial score (nSPS) is 10.0. The summed E-state index contributed by atoms with van der Waals surface area (Å²) in [6.45, 7) is 0.188. The fourth-order valence-electron chi connectivity index (χ4n) is 0. The van der Waals surface area contributed by atoms with Gasteiger partial charge in [0.05, 0.1) is 0 Å². The molecule has 0 saturated heterocycles. The molecule has 0 aliphatic carbocycles. The molecule has 0 aliphatic rings. The van der Waals surface area contributed by atoms with E-state index < -0.39 is 6.18 Å². The van der Waals surface area contributed by atoms with Gasteiger partial charge in [-0.05, 0) is 0 Å². The van der Waals surface area contributed by atoms with Crippen molar-refractivity contribution in [3.05, 3.63) is 0 Å². The molecule has 0 aromatic heterocycles. The molecule has 0 rings (SSSR count). The lowest BCUT2D eigenvalue weighted by atomic mass is 10.8. The fraction of sp³-hybridized carbons (Fsp3) is 1.00. The Morgan fingerprint density at radius 2 is 1.17 bits per heavy atom. The summed E-state index contributed by atoms with van der Waals surface area (Å²) in [5.74, 6) is 0. The number of alkyl halides is 3. The molecule has 0 amide bonds. The highest BCUT2D eigenvalue weighted by Crippen LogP contribution is 2.10. The van der Waals surface area contributed by atoms with E-state index in [1.54, 1.807) is 0 Å². The van der Waals surface area contributed by atoms with Gasteiger partial charge in [0.15, 0.2) is 0 Å². The SMILES string of the molecule is CC(F)(F)F.Cl. The second-order valence-corrected chi connectivity index (χ2v) is 0.781. The van der Waals surface area contributed by atoms with Crippen molar-refractivity contribution >= 4 is 12.4 Å². The van der Waals surface area contributed by atoms with Crippen molar-refractivity contribution in [2.24, 2.45) is 0 Å². The minimum atomic E-state index is -4.00. The second kappa shape index (κ2) is 2.29. The van der Waals surface area contributed by atoms with Crippen LogP contribution in [0.2, 0.25) is 0 Å². The molecule has 4 heteroatoms. The van der Waals surface area contributed by atoms with E-state index in [9.17, 15) is 13.2 Å². The number of halogens is 4. The van der Waals surface area contributed by atoms with Gasteiger partial charge in [-0.15, -0.1) is 12.4 Å². The van der Waals surface area contributed by atoms with Gasteiger partial charge in [-0.1, -0.05) is 0 Å². The van der Waals surface area contributed by atoms with Gasteiger partial charge in [-0.3, -0.25) is 0 Å². The maximum Gasteiger partial charge on any atom is 0.386 e. The van der Waals surface area contributed by atoms with Crippen LogP contribution in [0.5, 0.6) is 0 Å². The van der Waals surface area contributed by atoms with E-state index in [0.29, 0.717) is 0 Å². The van der Waals surface area contributed by atoms with E-state index in [1.807, 2.05) is 0 Å². The van der Waals surface area contributed by atoms with Crippen molar-refractivity contribution < 1.29 is 13.2 Å². The standard InChI is InChI=1S/C2H3F3.ClH/c1-2(3,4)5;/h1H3;1H. The quantitative estimate of drug-likeness (QED) is 0.459. The molecule has 0 nitrogen and oxygen atoms in total. The summed E-state index contributed by atoms with van der Waals surface area (Å²) in [5, 5.41) is 0. The summed E-state index contributed by atoms with van der Waals surface area (Å²) in [5.41, 5.74) is 0. The summed E-state index contributed by atoms with van der Waals surface area (Å²) in [6.07, 6.45) is -4.00. The molecule has 0 radical (unpaired) electrons. The first-order valence-electron chi connectivity index (χ1n) is 1.07. The minimum absolute atomic E-state index is 0. The molecule has 0 aromatic rings. The van der Waals surface area contributed by atoms with Crippen molar-refractivity contribution in [2.75, 3.05) is 0 Å². The third kappa shape index (κ3) is 6050. The monoisotopic (exact) mass is 120 g/mol. The lowest BCUT2D eigenvalue weighted by molar-refractivity contribution is -0.110. The maximum absolute atomic E-state index is 10.4. The van der Waals surface area contributed by atoms with E-state index in [4.69, 9.17) is 0 Å². The Hall–Kier alpha value is 0.0800. The van der Waals surface area contributed by atoms with E-state index in [0.717, 1.165) is 0 Å². The third-order valence-electron chi connectivity index (χ3n) is 0. The molecular formula is C2H4ClF3. The van der Waals surface area contributed by atoms with Crippen LogP contribution in [0.3, 0.4) is 0 Å². The molecule has 0 aromatic carbocycles. The van der Waals surface area contributed by atoms with Gasteiger partial charge in [0.1, 0.15) is 0 Å². The van der Waals surface area contributed by atoms with Gasteiger partial charge in [0, 0.05) is 6.92 Å². The van der Waals surface area contributed by atoms with Crippen LogP contribution in [0.4, 0.5) is 13.2 Å². The average molecular weight is 121 g/mol. The predicted molar refractivity (Wildman–Crippen MR) is 19.0 cm³/mol. The van der Waals surface area contributed by atoms with Gasteiger partial charge in [0.2, 0.25) is 0 Å². The molecule has 0 fully saturated rings. The molecule has 0 spiro atoms. The van der Waals surface area contributed by atoms with Crippen molar-refractivity contribution in [2.45, 2.75) is 13.1 Å². The van der Waals surface area contributed by atoms with Gasteiger partial charge in [-0.2, -0.15) is 13.2 Å². The zero-order chi connectivity index (χ0) is 4.50. The maximum atomic E-state index is 10.4. The molecule has 0 unspecified atom stereocenters. The number of hydrogen-bond acceptors (Lipinski definition) is 0. The second-order valence-electron chi connectivity index (χ2n) is 0.781. The predicted octanol–water partition coefficient (Wildman–Crippen LogP) is 1.99. The lowest BCUT2D eigenvalue weighted by Gasteiger charge is -1.88. The summed E-state index contributed by atoms with van der Waals surface area (Å²) in [4.78, 5) is 0. The van der Waals surface area contributed by atoms with Gasteiger partial charge in [-0.25, -0.2) is 0 Å². The van der Waals surface area contributed by atoms with Crippen LogP contribution in [0.1, 0.15) is 6.92 Å². The van der Waals surface area contributed by atoms with Gasteiger partial charge in [0.25, 0.3) is 0 Å². The fourth-order valence-corrected chi connectivity index (χ4v) is 0. The molecule has 0 heterocycles. The van der Waals surface area contributed by atoms with Gasteiger partial charge < -0.3 is 0 Å². The van der Waals surface area contributed by atoms with E-state index in [1.165, 1.54) is 0 Å². The first-order chi connectivity index (χ1) is 2.00. The lowest BCUT2D eigenvalue weighted by Crippen LogP contribution is -1.95. The zero-order valence-electron chi connectivity index (χ0n) is 3.04. The minimum Gasteiger partial charge on any atom is -0.172 e. The third-order valence-corrected chi connectivity index (χ3v) is 0. The van der Waals surface area contributed by atoms with Crippen LogP contribution < -0.4 is 0 Å². The Bertz CT molecular complexity index is 24.3. The average Bonchev–Trinajstić information content (AvgIpc) is 0.722. The van der Waals surface area contributed by atoms with E-state index in [2.05, 4.69) is 0 Å². The van der Waals surface area contributed by atoms with Crippen molar-refractivity contribution in [3.8, 4) is 0 Å². The van der Waals surface area contributed by atoms with Crippen LogP contribution in [-0.4, -0.2) is 6.18 Å². The first-order valence-corrected chi connectivity index (χ1v) is 1.07. The Labute approximate surface area is 39.8 Å². The summed E-state index contributed by atoms with van der Waals surface area (Å²) < 4.78 is 31.1. The molecule has 6 heavy (non-hydrogen) atoms. The van der Waals surface area contributed by atoms with Crippen molar-refractivity contribution in [1.82, 2.24) is 0 Å². The van der Waals surface area contributed by atoms with E-state index >= 15 is 0 Å². The topological polar surface area (TPSA) is 0 Å². The first kappa shape index (κ1) is 9.43. The molecule has 40 valence electrons. The highest BCUT2D eigenvalue weighted by molar-refractivity contribution is 5.85. The van der Waals surface area contributed by atoms with Crippen molar-refractivity contribution in [3.63, 3.8) is 0 Å². The Balaban J connectivity index is 0. The number of rotatable bonds is 0. The Kier molecular flexibility index (Phi) is 3.59. The van der Waals surface area contributed by atoms with Crippen molar-refractivity contribution in [1.29, 1.82) is 0 Å².